The summed E-state index contributed by atoms with van der Waals surface area (Å²) in [7, 11) is 0. The molecule has 0 aliphatic carbocycles. The quantitative estimate of drug-likeness (QED) is 0.380. The highest BCUT2D eigenvalue weighted by atomic mass is 32.1. The molecule has 5 rings (SSSR count). The second-order valence-electron chi connectivity index (χ2n) is 5.95. The molecular weight excluding hydrogens is 360 g/mol. The molecule has 3 heterocycles. The van der Waals surface area contributed by atoms with Gasteiger partial charge in [0.2, 0.25) is 5.95 Å². The molecule has 9 heteroatoms. The Balaban J connectivity index is 1.46. The molecule has 0 aliphatic rings. The van der Waals surface area contributed by atoms with E-state index in [-0.39, 0.29) is 11.8 Å². The summed E-state index contributed by atoms with van der Waals surface area (Å²) in [5, 5.41) is 11.9. The van der Waals surface area contributed by atoms with Crippen molar-refractivity contribution >= 4 is 55.9 Å². The van der Waals surface area contributed by atoms with Crippen molar-refractivity contribution in [3.8, 4) is 10.6 Å². The van der Waals surface area contributed by atoms with Gasteiger partial charge in [-0.3, -0.25) is 5.10 Å². The number of H-pyrrole nitrogens is 1. The molecule has 0 saturated heterocycles. The fraction of sp³-hybridized carbons (Fsp3) is 0. The van der Waals surface area contributed by atoms with E-state index in [4.69, 9.17) is 11.5 Å². The van der Waals surface area contributed by atoms with Gasteiger partial charge in [0.05, 0.1) is 10.2 Å². The van der Waals surface area contributed by atoms with Crippen molar-refractivity contribution in [2.24, 2.45) is 0 Å². The lowest BCUT2D eigenvalue weighted by molar-refractivity contribution is 1.09. The summed E-state index contributed by atoms with van der Waals surface area (Å²) in [4.78, 5) is 12.7. The highest BCUT2D eigenvalue weighted by Crippen LogP contribution is 2.32. The zero-order valence-corrected chi connectivity index (χ0v) is 14.8. The topological polar surface area (TPSA) is 131 Å². The highest BCUT2D eigenvalue weighted by molar-refractivity contribution is 7.21. The SMILES string of the molecule is Nc1nc(N)c2c(Nc3ccc(-c4nc5ccccc5s4)cc3)[nH]nc2n1. The molecule has 8 nitrogen and oxygen atoms in total. The molecule has 0 fully saturated rings. The smallest absolute Gasteiger partial charge is 0.224 e. The van der Waals surface area contributed by atoms with Crippen LogP contribution in [0.4, 0.5) is 23.3 Å². The zero-order chi connectivity index (χ0) is 18.4. The summed E-state index contributed by atoms with van der Waals surface area (Å²) in [5.41, 5.74) is 14.9. The number of hydrogen-bond donors (Lipinski definition) is 4. The number of anilines is 4. The van der Waals surface area contributed by atoms with Crippen LogP contribution in [0.3, 0.4) is 0 Å². The summed E-state index contributed by atoms with van der Waals surface area (Å²) >= 11 is 1.67. The Hall–Kier alpha value is -3.72. The Bertz CT molecular complexity index is 1240. The van der Waals surface area contributed by atoms with Gasteiger partial charge in [-0.15, -0.1) is 11.3 Å². The average molecular weight is 374 g/mol. The van der Waals surface area contributed by atoms with Crippen LogP contribution in [0.2, 0.25) is 0 Å². The monoisotopic (exact) mass is 374 g/mol. The number of thiazole rings is 1. The Morgan fingerprint density at radius 3 is 2.56 bits per heavy atom. The van der Waals surface area contributed by atoms with Crippen molar-refractivity contribution < 1.29 is 0 Å². The van der Waals surface area contributed by atoms with E-state index in [0.29, 0.717) is 16.9 Å². The van der Waals surface area contributed by atoms with Gasteiger partial charge in [0.15, 0.2) is 5.65 Å². The summed E-state index contributed by atoms with van der Waals surface area (Å²) in [6, 6.07) is 16.1. The first kappa shape index (κ1) is 15.5. The van der Waals surface area contributed by atoms with E-state index >= 15 is 0 Å². The molecule has 0 spiro atoms. The van der Waals surface area contributed by atoms with Crippen LogP contribution in [-0.4, -0.2) is 25.1 Å². The van der Waals surface area contributed by atoms with E-state index in [1.165, 1.54) is 4.70 Å². The molecule has 0 aliphatic heterocycles. The average Bonchev–Trinajstić information content (AvgIpc) is 3.26. The Morgan fingerprint density at radius 1 is 0.926 bits per heavy atom. The van der Waals surface area contributed by atoms with Gasteiger partial charge < -0.3 is 16.8 Å². The van der Waals surface area contributed by atoms with Gasteiger partial charge in [0.1, 0.15) is 22.0 Å². The van der Waals surface area contributed by atoms with Crippen molar-refractivity contribution in [2.75, 3.05) is 16.8 Å². The Labute approximate surface area is 157 Å². The first-order chi connectivity index (χ1) is 13.2. The fourth-order valence-electron chi connectivity index (χ4n) is 2.90. The molecule has 0 saturated carbocycles. The van der Waals surface area contributed by atoms with E-state index in [2.05, 4.69) is 36.5 Å². The third-order valence-corrected chi connectivity index (χ3v) is 5.24. The maximum Gasteiger partial charge on any atom is 0.224 e. The summed E-state index contributed by atoms with van der Waals surface area (Å²) < 4.78 is 1.17. The van der Waals surface area contributed by atoms with E-state index in [1.807, 2.05) is 42.5 Å². The number of benzene rings is 2. The third kappa shape index (κ3) is 2.70. The molecule has 27 heavy (non-hydrogen) atoms. The minimum atomic E-state index is 0.0956. The molecule has 6 N–H and O–H groups in total. The molecular formula is C18H14N8S. The van der Waals surface area contributed by atoms with Crippen molar-refractivity contribution in [3.63, 3.8) is 0 Å². The number of nitrogens with one attached hydrogen (secondary N) is 2. The summed E-state index contributed by atoms with van der Waals surface area (Å²) in [5.74, 6) is 0.994. The van der Waals surface area contributed by atoms with Gasteiger partial charge >= 0.3 is 0 Å². The zero-order valence-electron chi connectivity index (χ0n) is 14.0. The fourth-order valence-corrected chi connectivity index (χ4v) is 3.87. The standard InChI is InChI=1S/C18H14N8S/c19-14-13-15(25-26-16(13)24-18(20)23-14)21-10-7-5-9(6-8-10)17-22-11-3-1-2-4-12(11)27-17/h1-8H,(H6,19,20,21,23,24,25,26). The van der Waals surface area contributed by atoms with Crippen molar-refractivity contribution in [1.29, 1.82) is 0 Å². The van der Waals surface area contributed by atoms with Gasteiger partial charge in [0, 0.05) is 11.3 Å². The van der Waals surface area contributed by atoms with Gasteiger partial charge in [-0.2, -0.15) is 15.1 Å². The molecule has 2 aromatic carbocycles. The second kappa shape index (κ2) is 5.92. The molecule has 0 unspecified atom stereocenters. The van der Waals surface area contributed by atoms with E-state index in [0.717, 1.165) is 21.8 Å². The van der Waals surface area contributed by atoms with Gasteiger partial charge in [0.25, 0.3) is 0 Å². The van der Waals surface area contributed by atoms with Crippen molar-refractivity contribution in [3.05, 3.63) is 48.5 Å². The predicted octanol–water partition coefficient (Wildman–Crippen LogP) is 3.54. The lowest BCUT2D eigenvalue weighted by Crippen LogP contribution is -2.00. The number of nitrogen functional groups attached to an aromatic ring is 2. The van der Waals surface area contributed by atoms with Crippen LogP contribution in [0.25, 0.3) is 31.8 Å². The van der Waals surface area contributed by atoms with Crippen LogP contribution in [-0.2, 0) is 0 Å². The number of para-hydroxylation sites is 1. The number of rotatable bonds is 3. The largest absolute Gasteiger partial charge is 0.383 e. The number of hydrogen-bond acceptors (Lipinski definition) is 8. The molecule has 3 aromatic heterocycles. The summed E-state index contributed by atoms with van der Waals surface area (Å²) in [6.07, 6.45) is 0. The molecule has 5 aromatic rings. The lowest BCUT2D eigenvalue weighted by Gasteiger charge is -2.06. The maximum atomic E-state index is 5.95. The third-order valence-electron chi connectivity index (χ3n) is 4.15. The molecule has 132 valence electrons. The van der Waals surface area contributed by atoms with E-state index in [1.54, 1.807) is 11.3 Å². The van der Waals surface area contributed by atoms with Gasteiger partial charge in [-0.1, -0.05) is 12.1 Å². The van der Waals surface area contributed by atoms with Crippen LogP contribution < -0.4 is 16.8 Å². The Kier molecular flexibility index (Phi) is 3.41. The number of aromatic nitrogens is 5. The van der Waals surface area contributed by atoms with Crippen LogP contribution in [0.15, 0.2) is 48.5 Å². The van der Waals surface area contributed by atoms with Gasteiger partial charge in [-0.05, 0) is 36.4 Å². The molecule has 0 amide bonds. The maximum absolute atomic E-state index is 5.95. The highest BCUT2D eigenvalue weighted by Gasteiger charge is 2.13. The number of nitrogens with zero attached hydrogens (tertiary/aromatic N) is 4. The first-order valence-electron chi connectivity index (χ1n) is 8.17. The predicted molar refractivity (Wildman–Crippen MR) is 109 cm³/mol. The van der Waals surface area contributed by atoms with Gasteiger partial charge in [-0.25, -0.2) is 4.98 Å². The van der Waals surface area contributed by atoms with Crippen LogP contribution >= 0.6 is 11.3 Å². The minimum Gasteiger partial charge on any atom is -0.383 e. The summed E-state index contributed by atoms with van der Waals surface area (Å²) in [6.45, 7) is 0. The van der Waals surface area contributed by atoms with Crippen molar-refractivity contribution in [2.45, 2.75) is 0 Å². The minimum absolute atomic E-state index is 0.0956. The molecule has 0 bridgehead atoms. The van der Waals surface area contributed by atoms with E-state index in [9.17, 15) is 0 Å². The molecule has 0 atom stereocenters. The van der Waals surface area contributed by atoms with Crippen LogP contribution in [0.1, 0.15) is 0 Å². The molecule has 0 radical (unpaired) electrons. The first-order valence-corrected chi connectivity index (χ1v) is 8.99. The van der Waals surface area contributed by atoms with Crippen molar-refractivity contribution in [1.82, 2.24) is 25.1 Å². The van der Waals surface area contributed by atoms with Crippen LogP contribution in [0.5, 0.6) is 0 Å². The Morgan fingerprint density at radius 2 is 1.74 bits per heavy atom. The van der Waals surface area contributed by atoms with Crippen LogP contribution in [0, 0.1) is 0 Å². The van der Waals surface area contributed by atoms with E-state index < -0.39 is 0 Å². The number of fused-ring (bicyclic) bond motifs is 2. The lowest BCUT2D eigenvalue weighted by atomic mass is 10.2. The number of aromatic amines is 1. The normalized spacial score (nSPS) is 11.3. The number of nitrogens with two attached hydrogens (primary N) is 2. The second-order valence-corrected chi connectivity index (χ2v) is 6.98.